The number of hydrogen-bond donors (Lipinski definition) is 1. The van der Waals surface area contributed by atoms with Crippen molar-refractivity contribution in [2.24, 2.45) is 0 Å². The van der Waals surface area contributed by atoms with Gasteiger partial charge >= 0.3 is 0 Å². The number of nitrogens with one attached hydrogen (secondary N) is 1. The summed E-state index contributed by atoms with van der Waals surface area (Å²) in [4.78, 5) is 11.8. The van der Waals surface area contributed by atoms with Crippen LogP contribution in [0.5, 0.6) is 0 Å². The van der Waals surface area contributed by atoms with Crippen LogP contribution in [-0.4, -0.2) is 32.7 Å². The summed E-state index contributed by atoms with van der Waals surface area (Å²) in [5, 5.41) is 13.6. The average molecular weight is 313 g/mol. The van der Waals surface area contributed by atoms with Crippen LogP contribution in [0.1, 0.15) is 36.1 Å². The SMILES string of the molecule is CC(C)n1nnnc1CCNC(=O)c1ccc(F)c(F)c1F. The first-order valence-corrected chi connectivity index (χ1v) is 6.60. The van der Waals surface area contributed by atoms with Gasteiger partial charge in [0.25, 0.3) is 5.91 Å². The number of tetrazole rings is 1. The summed E-state index contributed by atoms with van der Waals surface area (Å²) in [5.41, 5.74) is -0.553. The molecule has 0 bridgehead atoms. The highest BCUT2D eigenvalue weighted by Crippen LogP contribution is 2.15. The lowest BCUT2D eigenvalue weighted by Crippen LogP contribution is -2.28. The molecule has 0 aliphatic carbocycles. The number of rotatable bonds is 5. The summed E-state index contributed by atoms with van der Waals surface area (Å²) >= 11 is 0. The predicted octanol–water partition coefficient (Wildman–Crippen LogP) is 1.64. The highest BCUT2D eigenvalue weighted by molar-refractivity contribution is 5.94. The summed E-state index contributed by atoms with van der Waals surface area (Å²) in [6, 6.07) is 1.65. The third kappa shape index (κ3) is 3.23. The van der Waals surface area contributed by atoms with Gasteiger partial charge in [0, 0.05) is 13.0 Å². The van der Waals surface area contributed by atoms with Crippen LogP contribution in [0.2, 0.25) is 0 Å². The number of aromatic nitrogens is 4. The molecular weight excluding hydrogens is 299 g/mol. The van der Waals surface area contributed by atoms with Crippen LogP contribution in [0.3, 0.4) is 0 Å². The highest BCUT2D eigenvalue weighted by Gasteiger charge is 2.18. The van der Waals surface area contributed by atoms with E-state index >= 15 is 0 Å². The van der Waals surface area contributed by atoms with E-state index < -0.39 is 28.9 Å². The number of halogens is 3. The van der Waals surface area contributed by atoms with Crippen LogP contribution in [-0.2, 0) is 6.42 Å². The molecule has 0 saturated carbocycles. The largest absolute Gasteiger partial charge is 0.351 e. The second kappa shape index (κ2) is 6.54. The van der Waals surface area contributed by atoms with Crippen molar-refractivity contribution >= 4 is 5.91 Å². The van der Waals surface area contributed by atoms with Crippen LogP contribution in [0.25, 0.3) is 0 Å². The number of carbonyl (C=O) groups is 1. The maximum Gasteiger partial charge on any atom is 0.254 e. The molecule has 2 aromatic rings. The van der Waals surface area contributed by atoms with Gasteiger partial charge in [-0.15, -0.1) is 5.10 Å². The number of hydrogen-bond acceptors (Lipinski definition) is 4. The maximum absolute atomic E-state index is 13.5. The van der Waals surface area contributed by atoms with Gasteiger partial charge in [-0.05, 0) is 36.4 Å². The second-order valence-electron chi connectivity index (χ2n) is 4.86. The monoisotopic (exact) mass is 313 g/mol. The fourth-order valence-electron chi connectivity index (χ4n) is 1.86. The van der Waals surface area contributed by atoms with E-state index in [0.717, 1.165) is 6.07 Å². The molecule has 0 spiro atoms. The van der Waals surface area contributed by atoms with Crippen LogP contribution in [0, 0.1) is 17.5 Å². The molecule has 118 valence electrons. The zero-order valence-corrected chi connectivity index (χ0v) is 12.0. The molecular formula is C13H14F3N5O. The molecule has 1 aromatic heterocycles. The topological polar surface area (TPSA) is 72.7 Å². The third-order valence-electron chi connectivity index (χ3n) is 2.96. The molecule has 0 unspecified atom stereocenters. The van der Waals surface area contributed by atoms with Crippen LogP contribution in [0.15, 0.2) is 12.1 Å². The van der Waals surface area contributed by atoms with E-state index in [9.17, 15) is 18.0 Å². The lowest BCUT2D eigenvalue weighted by Gasteiger charge is -2.09. The van der Waals surface area contributed by atoms with Gasteiger partial charge in [-0.3, -0.25) is 4.79 Å². The molecule has 0 aliphatic rings. The van der Waals surface area contributed by atoms with Gasteiger partial charge in [0.2, 0.25) is 0 Å². The fourth-order valence-corrected chi connectivity index (χ4v) is 1.86. The minimum atomic E-state index is -1.67. The lowest BCUT2D eigenvalue weighted by molar-refractivity contribution is 0.0948. The Morgan fingerprint density at radius 2 is 2.00 bits per heavy atom. The van der Waals surface area contributed by atoms with E-state index in [1.54, 1.807) is 4.68 Å². The Labute approximate surface area is 124 Å². The Kier molecular flexibility index (Phi) is 4.74. The third-order valence-corrected chi connectivity index (χ3v) is 2.96. The average Bonchev–Trinajstić information content (AvgIpc) is 2.93. The van der Waals surface area contributed by atoms with E-state index in [-0.39, 0.29) is 12.6 Å². The van der Waals surface area contributed by atoms with E-state index in [2.05, 4.69) is 20.8 Å². The molecule has 0 saturated heterocycles. The molecule has 2 rings (SSSR count). The van der Waals surface area contributed by atoms with Crippen LogP contribution in [0.4, 0.5) is 13.2 Å². The minimum Gasteiger partial charge on any atom is -0.351 e. The van der Waals surface area contributed by atoms with Gasteiger partial charge in [0.05, 0.1) is 11.6 Å². The van der Waals surface area contributed by atoms with Crippen molar-refractivity contribution in [2.45, 2.75) is 26.3 Å². The maximum atomic E-state index is 13.5. The van der Waals surface area contributed by atoms with E-state index in [0.29, 0.717) is 18.3 Å². The Morgan fingerprint density at radius 1 is 1.27 bits per heavy atom. The standard InChI is InChI=1S/C13H14F3N5O/c1-7(2)21-10(18-19-20-21)5-6-17-13(22)8-3-4-9(14)12(16)11(8)15/h3-4,7H,5-6H2,1-2H3,(H,17,22). The molecule has 0 fully saturated rings. The molecule has 1 aromatic carbocycles. The molecule has 0 aliphatic heterocycles. The van der Waals surface area contributed by atoms with Gasteiger partial charge in [0.1, 0.15) is 0 Å². The first-order valence-electron chi connectivity index (χ1n) is 6.60. The van der Waals surface area contributed by atoms with Crippen molar-refractivity contribution in [3.8, 4) is 0 Å². The van der Waals surface area contributed by atoms with Crippen molar-refractivity contribution in [3.05, 3.63) is 41.0 Å². The number of benzene rings is 1. The molecule has 0 atom stereocenters. The minimum absolute atomic E-state index is 0.0596. The zero-order chi connectivity index (χ0) is 16.3. The van der Waals surface area contributed by atoms with E-state index in [1.165, 1.54) is 0 Å². The van der Waals surface area contributed by atoms with Crippen molar-refractivity contribution in [3.63, 3.8) is 0 Å². The Hall–Kier alpha value is -2.45. The van der Waals surface area contributed by atoms with Gasteiger partial charge in [-0.2, -0.15) is 0 Å². The quantitative estimate of drug-likeness (QED) is 0.852. The second-order valence-corrected chi connectivity index (χ2v) is 4.86. The van der Waals surface area contributed by atoms with Crippen molar-refractivity contribution in [1.29, 1.82) is 0 Å². The summed E-state index contributed by atoms with van der Waals surface area (Å²) in [5.74, 6) is -4.80. The van der Waals surface area contributed by atoms with Crippen LogP contribution >= 0.6 is 0 Å². The van der Waals surface area contributed by atoms with E-state index in [1.807, 2.05) is 13.8 Å². The summed E-state index contributed by atoms with van der Waals surface area (Å²) in [6.07, 6.45) is 0.322. The number of carbonyl (C=O) groups excluding carboxylic acids is 1. The van der Waals surface area contributed by atoms with Crippen molar-refractivity contribution < 1.29 is 18.0 Å². The number of nitrogens with zero attached hydrogens (tertiary/aromatic N) is 4. The van der Waals surface area contributed by atoms with Gasteiger partial charge < -0.3 is 5.32 Å². The molecule has 22 heavy (non-hydrogen) atoms. The highest BCUT2D eigenvalue weighted by atomic mass is 19.2. The normalized spacial score (nSPS) is 11.0. The molecule has 6 nitrogen and oxygen atoms in total. The van der Waals surface area contributed by atoms with E-state index in [4.69, 9.17) is 0 Å². The van der Waals surface area contributed by atoms with Gasteiger partial charge in [-0.1, -0.05) is 0 Å². The summed E-state index contributed by atoms with van der Waals surface area (Å²) in [7, 11) is 0. The first-order chi connectivity index (χ1) is 10.4. The molecule has 9 heteroatoms. The Bertz CT molecular complexity index is 686. The Morgan fingerprint density at radius 3 is 2.68 bits per heavy atom. The molecule has 1 N–H and O–H groups in total. The zero-order valence-electron chi connectivity index (χ0n) is 12.0. The lowest BCUT2D eigenvalue weighted by atomic mass is 10.2. The van der Waals surface area contributed by atoms with Gasteiger partial charge in [-0.25, -0.2) is 17.9 Å². The van der Waals surface area contributed by atoms with Gasteiger partial charge in [0.15, 0.2) is 23.3 Å². The van der Waals surface area contributed by atoms with Crippen molar-refractivity contribution in [1.82, 2.24) is 25.5 Å². The van der Waals surface area contributed by atoms with Crippen molar-refractivity contribution in [2.75, 3.05) is 6.54 Å². The summed E-state index contributed by atoms with van der Waals surface area (Å²) in [6.45, 7) is 3.93. The summed E-state index contributed by atoms with van der Waals surface area (Å²) < 4.78 is 40.9. The predicted molar refractivity (Wildman–Crippen MR) is 70.6 cm³/mol. The smallest absolute Gasteiger partial charge is 0.254 e. The molecule has 1 heterocycles. The number of amides is 1. The molecule has 0 radical (unpaired) electrons. The fraction of sp³-hybridized carbons (Fsp3) is 0.385. The Balaban J connectivity index is 1.99. The van der Waals surface area contributed by atoms with Crippen LogP contribution < -0.4 is 5.32 Å². The first kappa shape index (κ1) is 15.9. The molecule has 1 amide bonds.